The number of furan rings is 1. The number of rotatable bonds is 8. The van der Waals surface area contributed by atoms with E-state index in [0.717, 1.165) is 12.1 Å². The fourth-order valence-electron chi connectivity index (χ4n) is 4.55. The fraction of sp³-hybridized carbons (Fsp3) is 0.233. The summed E-state index contributed by atoms with van der Waals surface area (Å²) in [5, 5.41) is 10.6. The minimum Gasteiger partial charge on any atom is -0.437 e. The van der Waals surface area contributed by atoms with E-state index in [1.165, 1.54) is 63.4 Å². The smallest absolute Gasteiger partial charge is 0.437 e. The molecule has 246 valence electrons. The lowest BCUT2D eigenvalue weighted by Crippen LogP contribution is -2.42. The molecular weight excluding hydrogens is 641 g/mol. The molecule has 0 saturated carbocycles. The number of nitrogens with one attached hydrogen (secondary N) is 3. The molecule has 0 spiro atoms. The van der Waals surface area contributed by atoms with E-state index in [0.29, 0.717) is 5.56 Å². The maximum atomic E-state index is 13.6. The van der Waals surface area contributed by atoms with Gasteiger partial charge in [-0.05, 0) is 61.9 Å². The highest BCUT2D eigenvalue weighted by Crippen LogP contribution is 2.38. The second-order valence-electron chi connectivity index (χ2n) is 10.7. The molecule has 0 saturated heterocycles. The van der Waals surface area contributed by atoms with Crippen molar-refractivity contribution in [3.05, 3.63) is 83.3 Å². The number of aromatic nitrogens is 3. The van der Waals surface area contributed by atoms with Gasteiger partial charge in [0.05, 0.1) is 16.5 Å². The molecule has 0 fully saturated rings. The Morgan fingerprint density at radius 1 is 0.894 bits per heavy atom. The Morgan fingerprint density at radius 3 is 2.21 bits per heavy atom. The predicted molar refractivity (Wildman–Crippen MR) is 153 cm³/mol. The predicted octanol–water partition coefficient (Wildman–Crippen LogP) is 6.70. The quantitative estimate of drug-likeness (QED) is 0.156. The molecule has 0 unspecified atom stereocenters. The third kappa shape index (κ3) is 7.02. The first-order valence-corrected chi connectivity index (χ1v) is 13.6. The highest BCUT2D eigenvalue weighted by atomic mass is 19.4. The van der Waals surface area contributed by atoms with Crippen molar-refractivity contribution in [2.24, 2.45) is 0 Å². The number of carbonyl (C=O) groups is 2. The summed E-state index contributed by atoms with van der Waals surface area (Å²) in [4.78, 5) is 33.8. The number of hydrogen-bond donors (Lipinski definition) is 3. The van der Waals surface area contributed by atoms with Crippen molar-refractivity contribution >= 4 is 28.7 Å². The van der Waals surface area contributed by atoms with Crippen LogP contribution < -0.4 is 16.0 Å². The molecule has 17 heteroatoms. The lowest BCUT2D eigenvalue weighted by atomic mass is 9.99. The van der Waals surface area contributed by atoms with E-state index in [-0.39, 0.29) is 44.9 Å². The summed E-state index contributed by atoms with van der Waals surface area (Å²) in [6.45, 7) is 1.19. The molecule has 47 heavy (non-hydrogen) atoms. The number of benzene rings is 2. The molecule has 3 N–H and O–H groups in total. The van der Waals surface area contributed by atoms with E-state index < -0.39 is 53.8 Å². The van der Waals surface area contributed by atoms with Crippen LogP contribution in [0.1, 0.15) is 46.3 Å². The van der Waals surface area contributed by atoms with Gasteiger partial charge in [0.1, 0.15) is 23.9 Å². The average molecular weight is 665 g/mol. The zero-order valence-corrected chi connectivity index (χ0v) is 24.5. The summed E-state index contributed by atoms with van der Waals surface area (Å²) in [7, 11) is 1.35. The SMILES string of the molecule is CNC(=O)c1c(-c2ccc(F)cc2)oc2nc(NCC(F)(F)F)c(-c3cccc(C(=O)NC(C)(C)c4noc(C(F)(F)F)n4)c3)cc12. The van der Waals surface area contributed by atoms with E-state index in [4.69, 9.17) is 4.42 Å². The van der Waals surface area contributed by atoms with Gasteiger partial charge in [-0.3, -0.25) is 9.59 Å². The molecule has 5 rings (SSSR count). The number of carbonyl (C=O) groups excluding carboxylic acids is 2. The van der Waals surface area contributed by atoms with Gasteiger partial charge in [0.2, 0.25) is 5.71 Å². The van der Waals surface area contributed by atoms with Crippen molar-refractivity contribution in [3.63, 3.8) is 0 Å². The first kappa shape index (κ1) is 32.9. The molecule has 0 aliphatic rings. The Labute approximate surface area is 260 Å². The van der Waals surface area contributed by atoms with Crippen LogP contribution in [0.25, 0.3) is 33.6 Å². The largest absolute Gasteiger partial charge is 0.471 e. The van der Waals surface area contributed by atoms with Gasteiger partial charge < -0.3 is 24.9 Å². The number of halogens is 7. The van der Waals surface area contributed by atoms with Crippen LogP contribution in [0.4, 0.5) is 36.6 Å². The van der Waals surface area contributed by atoms with Crippen molar-refractivity contribution in [2.45, 2.75) is 31.7 Å². The number of fused-ring (bicyclic) bond motifs is 1. The van der Waals surface area contributed by atoms with E-state index in [2.05, 4.69) is 35.6 Å². The van der Waals surface area contributed by atoms with Crippen LogP contribution in [0.2, 0.25) is 0 Å². The molecule has 2 amide bonds. The highest BCUT2D eigenvalue weighted by molar-refractivity contribution is 6.11. The van der Waals surface area contributed by atoms with Gasteiger partial charge in [0, 0.05) is 23.7 Å². The highest BCUT2D eigenvalue weighted by Gasteiger charge is 2.41. The van der Waals surface area contributed by atoms with E-state index in [1.807, 2.05) is 0 Å². The summed E-state index contributed by atoms with van der Waals surface area (Å²) < 4.78 is 102. The van der Waals surface area contributed by atoms with Gasteiger partial charge in [0.25, 0.3) is 11.8 Å². The van der Waals surface area contributed by atoms with Crippen LogP contribution in [0, 0.1) is 5.82 Å². The number of nitrogens with zero attached hydrogens (tertiary/aromatic N) is 3. The number of amides is 2. The van der Waals surface area contributed by atoms with Crippen molar-refractivity contribution in [1.82, 2.24) is 25.8 Å². The molecule has 5 aromatic rings. The Morgan fingerprint density at radius 2 is 1.60 bits per heavy atom. The molecular formula is C30H23F7N6O4. The average Bonchev–Trinajstić information content (AvgIpc) is 3.66. The first-order chi connectivity index (χ1) is 22.0. The van der Waals surface area contributed by atoms with Crippen molar-refractivity contribution < 1.29 is 49.3 Å². The summed E-state index contributed by atoms with van der Waals surface area (Å²) in [6.07, 6.45) is -9.56. The third-order valence-corrected chi connectivity index (χ3v) is 6.79. The van der Waals surface area contributed by atoms with E-state index in [9.17, 15) is 40.3 Å². The summed E-state index contributed by atoms with van der Waals surface area (Å²) in [6, 6.07) is 11.9. The van der Waals surface area contributed by atoms with Gasteiger partial charge in [0.15, 0.2) is 5.82 Å². The van der Waals surface area contributed by atoms with Crippen LogP contribution in [-0.2, 0) is 11.7 Å². The number of alkyl halides is 6. The Kier molecular flexibility index (Phi) is 8.42. The topological polar surface area (TPSA) is 135 Å². The second-order valence-corrected chi connectivity index (χ2v) is 10.7. The fourth-order valence-corrected chi connectivity index (χ4v) is 4.55. The second kappa shape index (κ2) is 12.0. The zero-order chi connectivity index (χ0) is 34.3. The summed E-state index contributed by atoms with van der Waals surface area (Å²) >= 11 is 0. The molecule has 0 atom stereocenters. The third-order valence-electron chi connectivity index (χ3n) is 6.79. The van der Waals surface area contributed by atoms with Gasteiger partial charge in [-0.2, -0.15) is 36.3 Å². The molecule has 0 radical (unpaired) electrons. The van der Waals surface area contributed by atoms with Gasteiger partial charge in [-0.15, -0.1) is 0 Å². The van der Waals surface area contributed by atoms with Gasteiger partial charge in [-0.25, -0.2) is 4.39 Å². The van der Waals surface area contributed by atoms with Crippen LogP contribution in [0.3, 0.4) is 0 Å². The zero-order valence-electron chi connectivity index (χ0n) is 24.5. The first-order valence-electron chi connectivity index (χ1n) is 13.6. The molecule has 0 bridgehead atoms. The molecule has 3 aromatic heterocycles. The molecule has 0 aliphatic heterocycles. The van der Waals surface area contributed by atoms with Crippen LogP contribution in [-0.4, -0.2) is 46.7 Å². The Balaban J connectivity index is 1.59. The van der Waals surface area contributed by atoms with Gasteiger partial charge >= 0.3 is 18.2 Å². The lowest BCUT2D eigenvalue weighted by molar-refractivity contribution is -0.159. The standard InChI is InChI=1S/C30H23F7N6O4/c1-28(2,26-41-27(47-43-26)30(35,36)37)42-23(44)16-6-4-5-15(11-16)18-12-19-20(24(45)38-3)21(14-7-9-17(31)10-8-14)46-25(19)40-22(18)39-13-29(32,33)34/h4-12H,13H2,1-3H3,(H,38,45)(H,39,40)(H,42,44). The minimum absolute atomic E-state index is 0.0173. The molecule has 10 nitrogen and oxygen atoms in total. The lowest BCUT2D eigenvalue weighted by Gasteiger charge is -2.22. The van der Waals surface area contributed by atoms with Crippen LogP contribution >= 0.6 is 0 Å². The number of hydrogen-bond acceptors (Lipinski definition) is 8. The molecule has 3 heterocycles. The Bertz CT molecular complexity index is 1960. The Hall–Kier alpha value is -5.48. The summed E-state index contributed by atoms with van der Waals surface area (Å²) in [5.41, 5.74) is -1.30. The van der Waals surface area contributed by atoms with Crippen molar-refractivity contribution in [3.8, 4) is 22.5 Å². The van der Waals surface area contributed by atoms with Crippen LogP contribution in [0.15, 0.2) is 63.5 Å². The van der Waals surface area contributed by atoms with Gasteiger partial charge in [-0.1, -0.05) is 17.3 Å². The minimum atomic E-state index is -4.90. The maximum absolute atomic E-state index is 13.6. The van der Waals surface area contributed by atoms with Crippen molar-refractivity contribution in [1.29, 1.82) is 0 Å². The molecule has 2 aromatic carbocycles. The normalized spacial score (nSPS) is 12.3. The van der Waals surface area contributed by atoms with E-state index in [1.54, 1.807) is 0 Å². The number of pyridine rings is 1. The summed E-state index contributed by atoms with van der Waals surface area (Å²) in [5.74, 6) is -4.35. The van der Waals surface area contributed by atoms with E-state index >= 15 is 0 Å². The van der Waals surface area contributed by atoms with Crippen molar-refractivity contribution in [2.75, 3.05) is 18.9 Å². The number of anilines is 1. The van der Waals surface area contributed by atoms with Crippen LogP contribution in [0.5, 0.6) is 0 Å². The molecule has 0 aliphatic carbocycles. The maximum Gasteiger partial charge on any atom is 0.471 e. The monoisotopic (exact) mass is 664 g/mol.